The number of carbonyl (C=O) groups is 1. The summed E-state index contributed by atoms with van der Waals surface area (Å²) >= 11 is 0. The van der Waals surface area contributed by atoms with Crippen molar-refractivity contribution >= 4 is 22.5 Å². The number of carbonyl (C=O) groups excluding carboxylic acids is 1. The van der Waals surface area contributed by atoms with Crippen LogP contribution in [-0.4, -0.2) is 27.2 Å². The number of H-pyrrole nitrogens is 1. The molecule has 2 aromatic heterocycles. The van der Waals surface area contributed by atoms with E-state index in [0.717, 1.165) is 6.07 Å². The SMILES string of the molecule is CCOC(=O)c1cnn2c1[nH]c(=O)c1cc(F)ccc12. The molecule has 1 aromatic carbocycles. The molecule has 3 rings (SSSR count). The molecule has 0 aliphatic heterocycles. The fraction of sp³-hybridized carbons (Fsp3) is 0.154. The minimum absolute atomic E-state index is 0.162. The van der Waals surface area contributed by atoms with Crippen LogP contribution in [0.1, 0.15) is 17.3 Å². The first-order valence-corrected chi connectivity index (χ1v) is 5.98. The second-order valence-electron chi connectivity index (χ2n) is 4.15. The highest BCUT2D eigenvalue weighted by molar-refractivity contribution is 5.97. The quantitative estimate of drug-likeness (QED) is 0.719. The zero-order valence-corrected chi connectivity index (χ0v) is 10.5. The molecular formula is C13H10FN3O3. The zero-order valence-electron chi connectivity index (χ0n) is 10.5. The van der Waals surface area contributed by atoms with Crippen molar-refractivity contribution in [3.63, 3.8) is 0 Å². The van der Waals surface area contributed by atoms with Gasteiger partial charge >= 0.3 is 5.97 Å². The van der Waals surface area contributed by atoms with Crippen molar-refractivity contribution in [1.29, 1.82) is 0 Å². The minimum Gasteiger partial charge on any atom is -0.462 e. The zero-order chi connectivity index (χ0) is 14.3. The molecule has 0 atom stereocenters. The molecule has 0 radical (unpaired) electrons. The van der Waals surface area contributed by atoms with Crippen molar-refractivity contribution < 1.29 is 13.9 Å². The van der Waals surface area contributed by atoms with Gasteiger partial charge in [0.25, 0.3) is 5.56 Å². The van der Waals surface area contributed by atoms with Gasteiger partial charge in [0.05, 0.1) is 23.7 Å². The van der Waals surface area contributed by atoms with Crippen LogP contribution < -0.4 is 5.56 Å². The van der Waals surface area contributed by atoms with Crippen LogP contribution in [0.3, 0.4) is 0 Å². The van der Waals surface area contributed by atoms with Crippen molar-refractivity contribution in [1.82, 2.24) is 14.6 Å². The summed E-state index contributed by atoms with van der Waals surface area (Å²) in [6.07, 6.45) is 1.31. The number of nitrogens with one attached hydrogen (secondary N) is 1. The standard InChI is InChI=1S/C13H10FN3O3/c1-2-20-13(19)9-6-15-17-10-4-3-7(14)5-8(10)12(18)16-11(9)17/h3-6H,2H2,1H3,(H,16,18). The molecule has 102 valence electrons. The molecule has 6 nitrogen and oxygen atoms in total. The Morgan fingerprint density at radius 1 is 1.50 bits per heavy atom. The minimum atomic E-state index is -0.570. The monoisotopic (exact) mass is 275 g/mol. The lowest BCUT2D eigenvalue weighted by molar-refractivity contribution is 0.0528. The molecule has 20 heavy (non-hydrogen) atoms. The van der Waals surface area contributed by atoms with Crippen LogP contribution in [0.25, 0.3) is 16.6 Å². The Morgan fingerprint density at radius 3 is 3.05 bits per heavy atom. The molecule has 1 N–H and O–H groups in total. The molecule has 0 unspecified atom stereocenters. The number of aromatic nitrogens is 3. The summed E-state index contributed by atoms with van der Waals surface area (Å²) in [6.45, 7) is 1.91. The third-order valence-corrected chi connectivity index (χ3v) is 2.93. The normalized spacial score (nSPS) is 11.1. The van der Waals surface area contributed by atoms with Crippen molar-refractivity contribution in [2.24, 2.45) is 0 Å². The predicted molar refractivity (Wildman–Crippen MR) is 69.2 cm³/mol. The Morgan fingerprint density at radius 2 is 2.30 bits per heavy atom. The highest BCUT2D eigenvalue weighted by Crippen LogP contribution is 2.16. The van der Waals surface area contributed by atoms with Crippen LogP contribution in [0.15, 0.2) is 29.2 Å². The lowest BCUT2D eigenvalue weighted by Crippen LogP contribution is -2.12. The fourth-order valence-corrected chi connectivity index (χ4v) is 2.06. The van der Waals surface area contributed by atoms with E-state index in [1.807, 2.05) is 0 Å². The largest absolute Gasteiger partial charge is 0.462 e. The molecule has 0 spiro atoms. The number of nitrogens with zero attached hydrogens (tertiary/aromatic N) is 2. The van der Waals surface area contributed by atoms with Crippen LogP contribution in [0.4, 0.5) is 4.39 Å². The van der Waals surface area contributed by atoms with Gasteiger partial charge in [-0.25, -0.2) is 13.7 Å². The van der Waals surface area contributed by atoms with Gasteiger partial charge in [0.1, 0.15) is 11.4 Å². The Labute approximate surface area is 111 Å². The lowest BCUT2D eigenvalue weighted by atomic mass is 10.2. The van der Waals surface area contributed by atoms with Crippen LogP contribution in [0.5, 0.6) is 0 Å². The smallest absolute Gasteiger partial charge is 0.343 e. The third kappa shape index (κ3) is 1.75. The fourth-order valence-electron chi connectivity index (χ4n) is 2.06. The Kier molecular flexibility index (Phi) is 2.74. The van der Waals surface area contributed by atoms with Crippen LogP contribution >= 0.6 is 0 Å². The first-order valence-electron chi connectivity index (χ1n) is 5.98. The number of fused-ring (bicyclic) bond motifs is 3. The molecule has 7 heteroatoms. The lowest BCUT2D eigenvalue weighted by Gasteiger charge is -2.03. The number of rotatable bonds is 2. The summed E-state index contributed by atoms with van der Waals surface area (Å²) in [5, 5.41) is 4.21. The van der Waals surface area contributed by atoms with Gasteiger partial charge in [-0.1, -0.05) is 0 Å². The first kappa shape index (κ1) is 12.3. The van der Waals surface area contributed by atoms with Crippen LogP contribution in [-0.2, 0) is 4.74 Å². The van der Waals surface area contributed by atoms with Gasteiger partial charge in [-0.3, -0.25) is 4.79 Å². The number of ether oxygens (including phenoxy) is 1. The van der Waals surface area contributed by atoms with E-state index < -0.39 is 17.3 Å². The highest BCUT2D eigenvalue weighted by Gasteiger charge is 2.17. The maximum absolute atomic E-state index is 13.2. The number of halogens is 1. The second kappa shape index (κ2) is 4.44. The Hall–Kier alpha value is -2.70. The number of aromatic amines is 1. The van der Waals surface area contributed by atoms with Crippen molar-refractivity contribution in [2.45, 2.75) is 6.92 Å². The average Bonchev–Trinajstić information content (AvgIpc) is 2.83. The van der Waals surface area contributed by atoms with E-state index in [1.165, 1.54) is 22.8 Å². The summed E-state index contributed by atoms with van der Waals surface area (Å²) in [5.74, 6) is -1.08. The van der Waals surface area contributed by atoms with Gasteiger partial charge in [0.15, 0.2) is 5.65 Å². The van der Waals surface area contributed by atoms with E-state index in [2.05, 4.69) is 10.1 Å². The Balaban J connectivity index is 2.36. The molecular weight excluding hydrogens is 265 g/mol. The van der Waals surface area contributed by atoms with E-state index in [0.29, 0.717) is 5.52 Å². The molecule has 0 aliphatic carbocycles. The molecule has 2 heterocycles. The maximum Gasteiger partial charge on any atom is 0.343 e. The molecule has 0 fully saturated rings. The summed E-state index contributed by atoms with van der Waals surface area (Å²) < 4.78 is 19.5. The molecule has 0 amide bonds. The van der Waals surface area contributed by atoms with Crippen molar-refractivity contribution in [2.75, 3.05) is 6.61 Å². The van der Waals surface area contributed by atoms with Crippen LogP contribution in [0.2, 0.25) is 0 Å². The van der Waals surface area contributed by atoms with E-state index in [1.54, 1.807) is 6.92 Å². The Bertz CT molecular complexity index is 882. The summed E-state index contributed by atoms with van der Waals surface area (Å²) in [6, 6.07) is 3.79. The summed E-state index contributed by atoms with van der Waals surface area (Å²) in [4.78, 5) is 26.2. The second-order valence-corrected chi connectivity index (χ2v) is 4.15. The molecule has 3 aromatic rings. The first-order chi connectivity index (χ1) is 9.61. The van der Waals surface area contributed by atoms with Crippen LogP contribution in [0, 0.1) is 5.82 Å². The van der Waals surface area contributed by atoms with Gasteiger partial charge in [-0.05, 0) is 25.1 Å². The highest BCUT2D eigenvalue weighted by atomic mass is 19.1. The number of hydrogen-bond donors (Lipinski definition) is 1. The number of hydrogen-bond acceptors (Lipinski definition) is 4. The summed E-state index contributed by atoms with van der Waals surface area (Å²) in [7, 11) is 0. The molecule has 0 saturated heterocycles. The average molecular weight is 275 g/mol. The molecule has 0 saturated carbocycles. The van der Waals surface area contributed by atoms with Crippen molar-refractivity contribution in [3.8, 4) is 0 Å². The van der Waals surface area contributed by atoms with Gasteiger partial charge in [0, 0.05) is 0 Å². The molecule has 0 aliphatic rings. The molecule has 0 bridgehead atoms. The van der Waals surface area contributed by atoms with Gasteiger partial charge < -0.3 is 9.72 Å². The van der Waals surface area contributed by atoms with E-state index in [4.69, 9.17) is 4.74 Å². The number of esters is 1. The predicted octanol–water partition coefficient (Wildman–Crippen LogP) is 1.49. The van der Waals surface area contributed by atoms with E-state index >= 15 is 0 Å². The van der Waals surface area contributed by atoms with E-state index in [-0.39, 0.29) is 23.2 Å². The van der Waals surface area contributed by atoms with E-state index in [9.17, 15) is 14.0 Å². The van der Waals surface area contributed by atoms with Gasteiger partial charge in [-0.15, -0.1) is 0 Å². The number of benzene rings is 1. The van der Waals surface area contributed by atoms with Gasteiger partial charge in [-0.2, -0.15) is 5.10 Å². The topological polar surface area (TPSA) is 76.5 Å². The summed E-state index contributed by atoms with van der Waals surface area (Å²) in [5.41, 5.74) is 0.321. The third-order valence-electron chi connectivity index (χ3n) is 2.93. The van der Waals surface area contributed by atoms with Crippen molar-refractivity contribution in [3.05, 3.63) is 46.1 Å². The maximum atomic E-state index is 13.2. The van der Waals surface area contributed by atoms with Gasteiger partial charge in [0.2, 0.25) is 0 Å².